The molecule has 26 heavy (non-hydrogen) atoms. The molecule has 1 aromatic heterocycles. The average molecular weight is 349 g/mol. The molecule has 0 spiro atoms. The van der Waals surface area contributed by atoms with Crippen LogP contribution in [0.5, 0.6) is 0 Å². The predicted octanol–water partition coefficient (Wildman–Crippen LogP) is 4.13. The maximum atomic E-state index is 14.5. The van der Waals surface area contributed by atoms with E-state index >= 15 is 0 Å². The minimum absolute atomic E-state index is 0.340. The lowest BCUT2D eigenvalue weighted by Gasteiger charge is -2.24. The zero-order valence-corrected chi connectivity index (χ0v) is 14.4. The second kappa shape index (κ2) is 6.91. The third-order valence-electron chi connectivity index (χ3n) is 5.14. The molecule has 1 fully saturated rings. The third-order valence-corrected chi connectivity index (χ3v) is 5.14. The van der Waals surface area contributed by atoms with Gasteiger partial charge in [0.2, 0.25) is 0 Å². The highest BCUT2D eigenvalue weighted by atomic mass is 19.1. The van der Waals surface area contributed by atoms with Crippen molar-refractivity contribution in [1.29, 1.82) is 5.26 Å². The van der Waals surface area contributed by atoms with E-state index in [2.05, 4.69) is 16.8 Å². The fourth-order valence-corrected chi connectivity index (χ4v) is 3.82. The number of hydrogen-bond donors (Lipinski definition) is 1. The van der Waals surface area contributed by atoms with E-state index in [0.29, 0.717) is 29.3 Å². The molecule has 3 aromatic rings. The molecule has 0 amide bonds. The summed E-state index contributed by atoms with van der Waals surface area (Å²) in [6, 6.07) is 12.9. The van der Waals surface area contributed by atoms with Gasteiger partial charge in [0.15, 0.2) is 0 Å². The van der Waals surface area contributed by atoms with Crippen molar-refractivity contribution in [3.8, 4) is 17.2 Å². The van der Waals surface area contributed by atoms with Gasteiger partial charge in [-0.3, -0.25) is 0 Å². The summed E-state index contributed by atoms with van der Waals surface area (Å²) in [5.74, 6) is -0.383. The number of hydrogen-bond acceptors (Lipinski definition) is 3. The number of nitrogens with zero attached hydrogens (tertiary/aromatic N) is 2. The standard InChI is InChI=1S/C21H20FN3O/c22-19-3-1-2-15(11-23)21(19)14-4-5-18-16(12-24)13-25(20(18)10-14)17-6-8-26-9-7-17/h1-5,10,13,17H,6-9,12,24H2. The van der Waals surface area contributed by atoms with Crippen LogP contribution in [0.1, 0.15) is 30.0 Å². The average Bonchev–Trinajstić information content (AvgIpc) is 3.06. The van der Waals surface area contributed by atoms with Crippen LogP contribution in [0.3, 0.4) is 0 Å². The summed E-state index contributed by atoms with van der Waals surface area (Å²) >= 11 is 0. The first-order valence-electron chi connectivity index (χ1n) is 8.83. The van der Waals surface area contributed by atoms with E-state index in [1.54, 1.807) is 12.1 Å². The van der Waals surface area contributed by atoms with Gasteiger partial charge in [-0.25, -0.2) is 4.39 Å². The molecule has 4 nitrogen and oxygen atoms in total. The Bertz CT molecular complexity index is 996. The second-order valence-electron chi connectivity index (χ2n) is 6.62. The molecule has 1 aliphatic heterocycles. The van der Waals surface area contributed by atoms with Gasteiger partial charge in [-0.2, -0.15) is 5.26 Å². The van der Waals surface area contributed by atoms with Crippen LogP contribution in [0.2, 0.25) is 0 Å². The van der Waals surface area contributed by atoms with E-state index in [9.17, 15) is 9.65 Å². The molecule has 1 saturated heterocycles. The quantitative estimate of drug-likeness (QED) is 0.773. The van der Waals surface area contributed by atoms with Crippen LogP contribution >= 0.6 is 0 Å². The van der Waals surface area contributed by atoms with Crippen molar-refractivity contribution in [3.05, 3.63) is 59.5 Å². The first-order valence-corrected chi connectivity index (χ1v) is 8.83. The fourth-order valence-electron chi connectivity index (χ4n) is 3.82. The molecule has 1 aliphatic rings. The summed E-state index contributed by atoms with van der Waals surface area (Å²) in [4.78, 5) is 0. The predicted molar refractivity (Wildman–Crippen MR) is 99.0 cm³/mol. The Kier molecular flexibility index (Phi) is 4.46. The molecule has 4 rings (SSSR count). The number of fused-ring (bicyclic) bond motifs is 1. The molecule has 2 heterocycles. The smallest absolute Gasteiger partial charge is 0.132 e. The van der Waals surface area contributed by atoms with Crippen LogP contribution in [0.4, 0.5) is 4.39 Å². The van der Waals surface area contributed by atoms with Crippen molar-refractivity contribution in [2.24, 2.45) is 5.73 Å². The van der Waals surface area contributed by atoms with Gasteiger partial charge in [0.1, 0.15) is 5.82 Å². The van der Waals surface area contributed by atoms with E-state index < -0.39 is 0 Å². The molecule has 2 aromatic carbocycles. The summed E-state index contributed by atoms with van der Waals surface area (Å²) < 4.78 is 22.2. The zero-order valence-electron chi connectivity index (χ0n) is 14.4. The van der Waals surface area contributed by atoms with E-state index in [1.165, 1.54) is 6.07 Å². The molecule has 0 bridgehead atoms. The van der Waals surface area contributed by atoms with Crippen LogP contribution in [0.15, 0.2) is 42.6 Å². The van der Waals surface area contributed by atoms with E-state index in [1.807, 2.05) is 18.2 Å². The minimum atomic E-state index is -0.383. The summed E-state index contributed by atoms with van der Waals surface area (Å²) in [5.41, 5.74) is 9.45. The van der Waals surface area contributed by atoms with Gasteiger partial charge in [-0.15, -0.1) is 0 Å². The van der Waals surface area contributed by atoms with E-state index in [-0.39, 0.29) is 5.82 Å². The van der Waals surface area contributed by atoms with Gasteiger partial charge in [-0.1, -0.05) is 18.2 Å². The lowest BCUT2D eigenvalue weighted by molar-refractivity contribution is 0.0707. The van der Waals surface area contributed by atoms with E-state index in [4.69, 9.17) is 10.5 Å². The van der Waals surface area contributed by atoms with E-state index in [0.717, 1.165) is 42.5 Å². The number of aromatic nitrogens is 1. The van der Waals surface area contributed by atoms with Crippen molar-refractivity contribution < 1.29 is 9.13 Å². The number of rotatable bonds is 3. The largest absolute Gasteiger partial charge is 0.381 e. The van der Waals surface area contributed by atoms with Crippen LogP contribution in [-0.4, -0.2) is 17.8 Å². The molecule has 5 heteroatoms. The first kappa shape index (κ1) is 16.8. The lowest BCUT2D eigenvalue weighted by atomic mass is 9.98. The van der Waals surface area contributed by atoms with Crippen LogP contribution in [-0.2, 0) is 11.3 Å². The number of halogens is 1. The van der Waals surface area contributed by atoms with Crippen molar-refractivity contribution in [1.82, 2.24) is 4.57 Å². The Labute approximate surface area is 151 Å². The monoisotopic (exact) mass is 349 g/mol. The molecule has 0 unspecified atom stereocenters. The molecule has 0 saturated carbocycles. The Morgan fingerprint density at radius 1 is 1.23 bits per heavy atom. The molecule has 0 aliphatic carbocycles. The summed E-state index contributed by atoms with van der Waals surface area (Å²) in [6.45, 7) is 1.94. The molecule has 132 valence electrons. The summed E-state index contributed by atoms with van der Waals surface area (Å²) in [5, 5.41) is 10.4. The maximum Gasteiger partial charge on any atom is 0.132 e. The Balaban J connectivity index is 1.91. The van der Waals surface area contributed by atoms with Crippen LogP contribution in [0, 0.1) is 17.1 Å². The highest BCUT2D eigenvalue weighted by molar-refractivity contribution is 5.89. The molecule has 2 N–H and O–H groups in total. The lowest BCUT2D eigenvalue weighted by Crippen LogP contribution is -2.19. The van der Waals surface area contributed by atoms with Gasteiger partial charge < -0.3 is 15.0 Å². The van der Waals surface area contributed by atoms with Crippen LogP contribution < -0.4 is 5.73 Å². The van der Waals surface area contributed by atoms with Gasteiger partial charge in [-0.05, 0) is 42.2 Å². The first-order chi connectivity index (χ1) is 12.7. The summed E-state index contributed by atoms with van der Waals surface area (Å²) in [6.07, 6.45) is 4.00. The second-order valence-corrected chi connectivity index (χ2v) is 6.62. The molecule has 0 radical (unpaired) electrons. The molecular weight excluding hydrogens is 329 g/mol. The van der Waals surface area contributed by atoms with Gasteiger partial charge in [0.25, 0.3) is 0 Å². The van der Waals surface area contributed by atoms with Crippen molar-refractivity contribution >= 4 is 10.9 Å². The highest BCUT2D eigenvalue weighted by Gasteiger charge is 2.20. The minimum Gasteiger partial charge on any atom is -0.381 e. The van der Waals surface area contributed by atoms with Crippen molar-refractivity contribution in [2.45, 2.75) is 25.4 Å². The Morgan fingerprint density at radius 3 is 2.77 bits per heavy atom. The zero-order chi connectivity index (χ0) is 18.1. The third kappa shape index (κ3) is 2.78. The number of nitriles is 1. The fraction of sp³-hybridized carbons (Fsp3) is 0.286. The van der Waals surface area contributed by atoms with Gasteiger partial charge in [0, 0.05) is 48.5 Å². The van der Waals surface area contributed by atoms with Crippen molar-refractivity contribution in [2.75, 3.05) is 13.2 Å². The number of nitrogens with two attached hydrogens (primary N) is 1. The highest BCUT2D eigenvalue weighted by Crippen LogP contribution is 2.34. The van der Waals surface area contributed by atoms with Gasteiger partial charge >= 0.3 is 0 Å². The summed E-state index contributed by atoms with van der Waals surface area (Å²) in [7, 11) is 0. The SMILES string of the molecule is N#Cc1cccc(F)c1-c1ccc2c(CN)cn(C3CCOCC3)c2c1. The van der Waals surface area contributed by atoms with Crippen molar-refractivity contribution in [3.63, 3.8) is 0 Å². The Hall–Kier alpha value is -2.68. The Morgan fingerprint density at radius 2 is 2.04 bits per heavy atom. The molecule has 0 atom stereocenters. The van der Waals surface area contributed by atoms with Gasteiger partial charge in [0.05, 0.1) is 11.6 Å². The van der Waals surface area contributed by atoms with Crippen LogP contribution in [0.25, 0.3) is 22.0 Å². The number of benzene rings is 2. The normalized spacial score (nSPS) is 15.3. The molecular formula is C21H20FN3O. The number of ether oxygens (including phenoxy) is 1. The topological polar surface area (TPSA) is 64.0 Å². The maximum absolute atomic E-state index is 14.5.